The van der Waals surface area contributed by atoms with Crippen LogP contribution in [0.3, 0.4) is 0 Å². The molecule has 0 atom stereocenters. The van der Waals surface area contributed by atoms with E-state index in [1.54, 1.807) is 12.1 Å². The largest absolute Gasteiger partial charge is 0.290 e. The van der Waals surface area contributed by atoms with Gasteiger partial charge in [0.1, 0.15) is 0 Å². The molecule has 13 heavy (non-hydrogen) atoms. The van der Waals surface area contributed by atoms with Crippen LogP contribution in [0.4, 0.5) is 0 Å². The lowest BCUT2D eigenvalue weighted by molar-refractivity contribution is -0.114. The van der Waals surface area contributed by atoms with Crippen LogP contribution >= 0.6 is 0 Å². The number of ketones is 2. The Hall–Kier alpha value is -1.70. The fraction of sp³-hybridized carbons (Fsp3) is 0.0909. The van der Waals surface area contributed by atoms with E-state index in [9.17, 15) is 9.59 Å². The molecule has 2 rings (SSSR count). The summed E-state index contributed by atoms with van der Waals surface area (Å²) < 4.78 is 0. The second-order valence-corrected chi connectivity index (χ2v) is 3.05. The Labute approximate surface area is 75.9 Å². The summed E-state index contributed by atoms with van der Waals surface area (Å²) in [5.41, 5.74) is 2.25. The molecule has 0 radical (unpaired) electrons. The molecule has 1 aromatic carbocycles. The molecule has 1 aliphatic carbocycles. The molecule has 0 N–H and O–H groups in total. The van der Waals surface area contributed by atoms with Crippen LogP contribution in [0.5, 0.6) is 0 Å². The molecule has 1 aromatic rings. The number of fused-ring (bicyclic) bond motifs is 1. The average Bonchev–Trinajstić information content (AvgIpc) is 2.43. The van der Waals surface area contributed by atoms with Crippen LogP contribution in [0, 0.1) is 0 Å². The lowest BCUT2D eigenvalue weighted by Crippen LogP contribution is -2.05. The molecular weight excluding hydrogens is 164 g/mol. The van der Waals surface area contributed by atoms with E-state index in [1.165, 1.54) is 0 Å². The molecule has 2 nitrogen and oxygen atoms in total. The third-order valence-electron chi connectivity index (χ3n) is 2.22. The zero-order chi connectivity index (χ0) is 9.42. The van der Waals surface area contributed by atoms with Gasteiger partial charge < -0.3 is 0 Å². The minimum absolute atomic E-state index is 0.256. The molecule has 0 aliphatic heterocycles. The highest BCUT2D eigenvalue weighted by Gasteiger charge is 2.27. The number of rotatable bonds is 1. The Bertz CT molecular complexity index is 416. The van der Waals surface area contributed by atoms with Crippen molar-refractivity contribution < 1.29 is 9.59 Å². The summed E-state index contributed by atoms with van der Waals surface area (Å²) in [5.74, 6) is -0.671. The molecular formula is C11H8O2. The van der Waals surface area contributed by atoms with E-state index in [0.717, 1.165) is 11.1 Å². The van der Waals surface area contributed by atoms with E-state index in [2.05, 4.69) is 6.58 Å². The molecule has 0 aromatic heterocycles. The molecule has 0 heterocycles. The first-order valence-electron chi connectivity index (χ1n) is 4.05. The molecule has 64 valence electrons. The predicted molar refractivity (Wildman–Crippen MR) is 49.6 cm³/mol. The number of hydrogen-bond acceptors (Lipinski definition) is 2. The van der Waals surface area contributed by atoms with Gasteiger partial charge in [-0.15, -0.1) is 0 Å². The first-order valence-corrected chi connectivity index (χ1v) is 4.05. The monoisotopic (exact) mass is 172 g/mol. The highest BCUT2D eigenvalue weighted by Crippen LogP contribution is 2.21. The van der Waals surface area contributed by atoms with Crippen LogP contribution < -0.4 is 0 Å². The summed E-state index contributed by atoms with van der Waals surface area (Å²) in [7, 11) is 0. The maximum Gasteiger partial charge on any atom is 0.229 e. The zero-order valence-electron chi connectivity index (χ0n) is 7.04. The Kier molecular flexibility index (Phi) is 1.62. The molecule has 0 spiro atoms. The van der Waals surface area contributed by atoms with Gasteiger partial charge in [-0.2, -0.15) is 0 Å². The van der Waals surface area contributed by atoms with Gasteiger partial charge in [0.15, 0.2) is 0 Å². The second kappa shape index (κ2) is 2.66. The number of benzene rings is 1. The minimum atomic E-state index is -0.362. The second-order valence-electron chi connectivity index (χ2n) is 3.05. The SMILES string of the molecule is C=Cc1ccc2c(c1)C(=O)C(=O)C2. The lowest BCUT2D eigenvalue weighted by Gasteiger charge is -1.97. The van der Waals surface area contributed by atoms with Gasteiger partial charge in [0, 0.05) is 12.0 Å². The van der Waals surface area contributed by atoms with Crippen LogP contribution in [0.1, 0.15) is 21.5 Å². The fourth-order valence-corrected chi connectivity index (χ4v) is 1.49. The van der Waals surface area contributed by atoms with Gasteiger partial charge in [-0.1, -0.05) is 24.8 Å². The number of carbonyl (C=O) groups excluding carboxylic acids is 2. The lowest BCUT2D eigenvalue weighted by atomic mass is 10.1. The summed E-state index contributed by atoms with van der Waals surface area (Å²) >= 11 is 0. The van der Waals surface area contributed by atoms with Crippen molar-refractivity contribution in [3.05, 3.63) is 41.5 Å². The molecule has 0 saturated heterocycles. The first-order chi connectivity index (χ1) is 6.22. The molecule has 0 saturated carbocycles. The topological polar surface area (TPSA) is 34.1 Å². The molecule has 0 fully saturated rings. The maximum absolute atomic E-state index is 11.3. The van der Waals surface area contributed by atoms with E-state index in [-0.39, 0.29) is 18.0 Å². The van der Waals surface area contributed by atoms with Crippen LogP contribution in [0.25, 0.3) is 6.08 Å². The van der Waals surface area contributed by atoms with Crippen molar-refractivity contribution in [3.8, 4) is 0 Å². The Morgan fingerprint density at radius 3 is 2.77 bits per heavy atom. The predicted octanol–water partition coefficient (Wildman–Crippen LogP) is 1.64. The Balaban J connectivity index is 2.60. The van der Waals surface area contributed by atoms with Gasteiger partial charge in [0.2, 0.25) is 11.6 Å². The van der Waals surface area contributed by atoms with E-state index >= 15 is 0 Å². The van der Waals surface area contributed by atoms with E-state index in [4.69, 9.17) is 0 Å². The summed E-state index contributed by atoms with van der Waals surface area (Å²) in [4.78, 5) is 22.3. The van der Waals surface area contributed by atoms with Crippen LogP contribution in [0.15, 0.2) is 24.8 Å². The number of carbonyl (C=O) groups is 2. The highest BCUT2D eigenvalue weighted by atomic mass is 16.2. The first kappa shape index (κ1) is 7.92. The fourth-order valence-electron chi connectivity index (χ4n) is 1.49. The normalized spacial score (nSPS) is 14.5. The van der Waals surface area contributed by atoms with Gasteiger partial charge in [-0.3, -0.25) is 9.59 Å². The van der Waals surface area contributed by atoms with Crippen LogP contribution in [-0.4, -0.2) is 11.6 Å². The standard InChI is InChI=1S/C11H8O2/c1-2-7-3-4-8-6-10(12)11(13)9(8)5-7/h2-5H,1,6H2. The van der Waals surface area contributed by atoms with Crippen molar-refractivity contribution in [1.82, 2.24) is 0 Å². The minimum Gasteiger partial charge on any atom is -0.290 e. The third-order valence-corrected chi connectivity index (χ3v) is 2.22. The summed E-state index contributed by atoms with van der Waals surface area (Å²) in [6.07, 6.45) is 1.92. The molecule has 0 amide bonds. The van der Waals surface area contributed by atoms with Gasteiger partial charge >= 0.3 is 0 Å². The molecule has 1 aliphatic rings. The van der Waals surface area contributed by atoms with E-state index in [0.29, 0.717) is 5.56 Å². The number of hydrogen-bond donors (Lipinski definition) is 0. The van der Waals surface area contributed by atoms with Crippen LogP contribution in [0.2, 0.25) is 0 Å². The average molecular weight is 172 g/mol. The van der Waals surface area contributed by atoms with Crippen molar-refractivity contribution in [2.45, 2.75) is 6.42 Å². The van der Waals surface area contributed by atoms with E-state index < -0.39 is 0 Å². The van der Waals surface area contributed by atoms with E-state index in [1.807, 2.05) is 12.1 Å². The molecule has 2 heteroatoms. The van der Waals surface area contributed by atoms with Crippen LogP contribution in [-0.2, 0) is 11.2 Å². The van der Waals surface area contributed by atoms with Crippen molar-refractivity contribution in [3.63, 3.8) is 0 Å². The quantitative estimate of drug-likeness (QED) is 0.603. The summed E-state index contributed by atoms with van der Waals surface area (Å²) in [5, 5.41) is 0. The molecule has 0 bridgehead atoms. The summed E-state index contributed by atoms with van der Waals surface area (Å²) in [6.45, 7) is 3.60. The zero-order valence-corrected chi connectivity index (χ0v) is 7.04. The Morgan fingerprint density at radius 1 is 1.31 bits per heavy atom. The van der Waals surface area contributed by atoms with Gasteiger partial charge in [0.05, 0.1) is 0 Å². The van der Waals surface area contributed by atoms with Gasteiger partial charge in [0.25, 0.3) is 0 Å². The smallest absolute Gasteiger partial charge is 0.229 e. The van der Waals surface area contributed by atoms with Crippen molar-refractivity contribution >= 4 is 17.6 Å². The highest BCUT2D eigenvalue weighted by molar-refractivity contribution is 6.47. The number of Topliss-reactive ketones (excluding diaryl/α,β-unsaturated/α-hetero) is 2. The van der Waals surface area contributed by atoms with Crippen molar-refractivity contribution in [1.29, 1.82) is 0 Å². The van der Waals surface area contributed by atoms with Crippen molar-refractivity contribution in [2.24, 2.45) is 0 Å². The van der Waals surface area contributed by atoms with Gasteiger partial charge in [-0.05, 0) is 17.2 Å². The van der Waals surface area contributed by atoms with Crippen molar-refractivity contribution in [2.75, 3.05) is 0 Å². The summed E-state index contributed by atoms with van der Waals surface area (Å²) in [6, 6.07) is 5.39. The maximum atomic E-state index is 11.3. The Morgan fingerprint density at radius 2 is 2.08 bits per heavy atom. The van der Waals surface area contributed by atoms with Gasteiger partial charge in [-0.25, -0.2) is 0 Å². The molecule has 0 unspecified atom stereocenters. The third kappa shape index (κ3) is 1.11.